The Hall–Kier alpha value is -3.19. The normalized spacial score (nSPS) is 14.5. The van der Waals surface area contributed by atoms with Crippen LogP contribution in [0.15, 0.2) is 54.6 Å². The van der Waals surface area contributed by atoms with Crippen LogP contribution in [0.25, 0.3) is 11.1 Å². The van der Waals surface area contributed by atoms with E-state index in [0.29, 0.717) is 6.54 Å². The third-order valence-corrected chi connectivity index (χ3v) is 5.71. The van der Waals surface area contributed by atoms with Crippen molar-refractivity contribution in [2.45, 2.75) is 31.8 Å². The Bertz CT molecular complexity index is 895. The predicted octanol–water partition coefficient (Wildman–Crippen LogP) is 3.80. The number of hydrogen-bond donors (Lipinski definition) is 1. The largest absolute Gasteiger partial charge is 0.446 e. The van der Waals surface area contributed by atoms with Crippen molar-refractivity contribution in [3.05, 3.63) is 54.6 Å². The maximum atomic E-state index is 12.5. The lowest BCUT2D eigenvalue weighted by molar-refractivity contribution is -0.131. The Kier molecular flexibility index (Phi) is 8.80. The summed E-state index contributed by atoms with van der Waals surface area (Å²) in [5.74, 6) is -0.0113. The highest BCUT2D eigenvalue weighted by atomic mass is 16.6. The van der Waals surface area contributed by atoms with Crippen LogP contribution in [0, 0.1) is 0 Å². The molecule has 1 saturated heterocycles. The highest BCUT2D eigenvalue weighted by Gasteiger charge is 2.23. The van der Waals surface area contributed by atoms with Gasteiger partial charge in [-0.05, 0) is 24.5 Å². The average molecular weight is 438 g/mol. The second kappa shape index (κ2) is 12.0. The monoisotopic (exact) mass is 437 g/mol. The fourth-order valence-electron chi connectivity index (χ4n) is 3.79. The number of ether oxygens (including phenoxy) is 1. The van der Waals surface area contributed by atoms with Gasteiger partial charge >= 0.3 is 6.09 Å². The van der Waals surface area contributed by atoms with Crippen molar-refractivity contribution in [2.75, 3.05) is 38.5 Å². The van der Waals surface area contributed by atoms with Crippen LogP contribution in [0.1, 0.15) is 25.7 Å². The molecule has 2 aromatic carbocycles. The number of nitrogens with zero attached hydrogens (tertiary/aromatic N) is 2. The van der Waals surface area contributed by atoms with Crippen LogP contribution < -0.4 is 5.32 Å². The summed E-state index contributed by atoms with van der Waals surface area (Å²) >= 11 is 0. The van der Waals surface area contributed by atoms with Crippen molar-refractivity contribution in [1.82, 2.24) is 9.80 Å². The number of anilines is 1. The van der Waals surface area contributed by atoms with Crippen molar-refractivity contribution < 1.29 is 19.1 Å². The zero-order valence-corrected chi connectivity index (χ0v) is 18.5. The zero-order valence-electron chi connectivity index (χ0n) is 18.5. The van der Waals surface area contributed by atoms with E-state index in [1.165, 1.54) is 0 Å². The molecular weight excluding hydrogens is 406 g/mol. The van der Waals surface area contributed by atoms with Gasteiger partial charge in [0.15, 0.2) is 0 Å². The van der Waals surface area contributed by atoms with E-state index in [-0.39, 0.29) is 24.9 Å². The summed E-state index contributed by atoms with van der Waals surface area (Å²) in [6.45, 7) is 3.02. The number of para-hydroxylation sites is 1. The van der Waals surface area contributed by atoms with Gasteiger partial charge in [0.25, 0.3) is 0 Å². The van der Waals surface area contributed by atoms with Gasteiger partial charge in [0.2, 0.25) is 5.91 Å². The van der Waals surface area contributed by atoms with Crippen molar-refractivity contribution >= 4 is 24.0 Å². The molecular formula is C25H31N3O4. The topological polar surface area (TPSA) is 79.0 Å². The number of carbonyl (C=O) groups is 3. The van der Waals surface area contributed by atoms with Crippen LogP contribution in [-0.2, 0) is 14.3 Å². The molecule has 2 amide bonds. The summed E-state index contributed by atoms with van der Waals surface area (Å²) in [5, 5.41) is 2.89. The summed E-state index contributed by atoms with van der Waals surface area (Å²) in [6.07, 6.45) is 2.26. The summed E-state index contributed by atoms with van der Waals surface area (Å²) in [4.78, 5) is 38.8. The maximum absolute atomic E-state index is 12.5. The molecule has 1 aliphatic rings. The molecule has 0 atom stereocenters. The van der Waals surface area contributed by atoms with E-state index in [4.69, 9.17) is 4.74 Å². The van der Waals surface area contributed by atoms with Gasteiger partial charge in [-0.3, -0.25) is 10.1 Å². The molecule has 1 fully saturated rings. The molecule has 0 aromatic heterocycles. The van der Waals surface area contributed by atoms with E-state index < -0.39 is 6.09 Å². The van der Waals surface area contributed by atoms with Crippen LogP contribution in [0.3, 0.4) is 0 Å². The lowest BCUT2D eigenvalue weighted by Crippen LogP contribution is -2.42. The van der Waals surface area contributed by atoms with Gasteiger partial charge in [0.1, 0.15) is 12.4 Å². The van der Waals surface area contributed by atoms with Gasteiger partial charge in [-0.1, -0.05) is 48.5 Å². The second-order valence-electron chi connectivity index (χ2n) is 8.00. The quantitative estimate of drug-likeness (QED) is 0.604. The number of benzene rings is 2. The second-order valence-corrected chi connectivity index (χ2v) is 8.00. The molecule has 1 N–H and O–H groups in total. The number of amides is 2. The lowest BCUT2D eigenvalue weighted by Gasteiger charge is -2.32. The smallest absolute Gasteiger partial charge is 0.411 e. The van der Waals surface area contributed by atoms with Gasteiger partial charge in [-0.2, -0.15) is 0 Å². The number of nitrogens with one attached hydrogen (secondary N) is 1. The van der Waals surface area contributed by atoms with Crippen LogP contribution >= 0.6 is 0 Å². The average Bonchev–Trinajstić information content (AvgIpc) is 2.82. The molecule has 7 nitrogen and oxygen atoms in total. The molecule has 2 aromatic rings. The van der Waals surface area contributed by atoms with Crippen molar-refractivity contribution in [3.63, 3.8) is 0 Å². The first-order chi connectivity index (χ1) is 15.6. The summed E-state index contributed by atoms with van der Waals surface area (Å²) in [6, 6.07) is 17.6. The van der Waals surface area contributed by atoms with E-state index in [9.17, 15) is 14.4 Å². The highest BCUT2D eigenvalue weighted by molar-refractivity contribution is 5.91. The predicted molar refractivity (Wildman–Crippen MR) is 124 cm³/mol. The fourth-order valence-corrected chi connectivity index (χ4v) is 3.79. The highest BCUT2D eigenvalue weighted by Crippen LogP contribution is 2.28. The third-order valence-electron chi connectivity index (χ3n) is 5.71. The third kappa shape index (κ3) is 6.92. The number of likely N-dealkylation sites (tertiary alicyclic amines) is 1. The minimum Gasteiger partial charge on any atom is -0.446 e. The molecule has 32 heavy (non-hydrogen) atoms. The van der Waals surface area contributed by atoms with Crippen molar-refractivity contribution in [2.24, 2.45) is 0 Å². The number of rotatable bonds is 9. The molecule has 0 bridgehead atoms. The standard InChI is InChI=1S/C25H31N3O4/c1-27(24(30)12-7-19-29)17-18-28-15-13-21(14-16-28)32-25(31)26-23-11-6-5-10-22(23)20-8-3-2-4-9-20/h2-6,8-11,19,21H,7,12-18H2,1H3,(H,26,31). The number of likely N-dealkylation sites (N-methyl/N-ethyl adjacent to an activating group) is 1. The minimum absolute atomic E-state index is 0.0113. The van der Waals surface area contributed by atoms with E-state index in [0.717, 1.165) is 55.6 Å². The van der Waals surface area contributed by atoms with E-state index >= 15 is 0 Å². The molecule has 7 heteroatoms. The van der Waals surface area contributed by atoms with E-state index in [1.807, 2.05) is 54.6 Å². The first-order valence-electron chi connectivity index (χ1n) is 11.1. The molecule has 0 unspecified atom stereocenters. The van der Waals surface area contributed by atoms with Gasteiger partial charge in [-0.25, -0.2) is 4.79 Å². The van der Waals surface area contributed by atoms with Crippen LogP contribution in [0.4, 0.5) is 10.5 Å². The zero-order chi connectivity index (χ0) is 22.8. The van der Waals surface area contributed by atoms with Crippen molar-refractivity contribution in [3.8, 4) is 11.1 Å². The maximum Gasteiger partial charge on any atom is 0.411 e. The van der Waals surface area contributed by atoms with Crippen LogP contribution in [0.5, 0.6) is 0 Å². The Labute approximate surface area is 189 Å². The van der Waals surface area contributed by atoms with Crippen LogP contribution in [-0.4, -0.2) is 67.4 Å². The fraction of sp³-hybridized carbons (Fsp3) is 0.400. The van der Waals surface area contributed by atoms with Gasteiger partial charge < -0.3 is 19.3 Å². The summed E-state index contributed by atoms with van der Waals surface area (Å²) in [7, 11) is 1.76. The Morgan fingerprint density at radius 2 is 1.78 bits per heavy atom. The molecule has 170 valence electrons. The molecule has 0 radical (unpaired) electrons. The van der Waals surface area contributed by atoms with Crippen LogP contribution in [0.2, 0.25) is 0 Å². The molecule has 0 spiro atoms. The van der Waals surface area contributed by atoms with Gasteiger partial charge in [0.05, 0.1) is 5.69 Å². The first kappa shape index (κ1) is 23.5. The SMILES string of the molecule is CN(CCN1CCC(OC(=O)Nc2ccccc2-c2ccccc2)CC1)C(=O)CCC=O. The van der Waals surface area contributed by atoms with Gasteiger partial charge in [-0.15, -0.1) is 0 Å². The molecule has 0 saturated carbocycles. The number of piperidine rings is 1. The molecule has 1 heterocycles. The van der Waals surface area contributed by atoms with Gasteiger partial charge in [0, 0.05) is 51.6 Å². The van der Waals surface area contributed by atoms with E-state index in [2.05, 4.69) is 10.2 Å². The number of aldehydes is 1. The Morgan fingerprint density at radius 3 is 2.50 bits per heavy atom. The van der Waals surface area contributed by atoms with E-state index in [1.54, 1.807) is 11.9 Å². The first-order valence-corrected chi connectivity index (χ1v) is 11.1. The molecule has 1 aliphatic heterocycles. The Morgan fingerprint density at radius 1 is 1.09 bits per heavy atom. The molecule has 0 aliphatic carbocycles. The number of hydrogen-bond acceptors (Lipinski definition) is 5. The summed E-state index contributed by atoms with van der Waals surface area (Å²) in [5.41, 5.74) is 2.71. The van der Waals surface area contributed by atoms with Crippen molar-refractivity contribution in [1.29, 1.82) is 0 Å². The lowest BCUT2D eigenvalue weighted by atomic mass is 10.0. The minimum atomic E-state index is -0.438. The number of carbonyl (C=O) groups excluding carboxylic acids is 3. The summed E-state index contributed by atoms with van der Waals surface area (Å²) < 4.78 is 5.67. The Balaban J connectivity index is 1.43. The molecule has 3 rings (SSSR count).